The second-order valence-electron chi connectivity index (χ2n) is 6.20. The third-order valence-corrected chi connectivity index (χ3v) is 5.45. The van der Waals surface area contributed by atoms with Crippen molar-refractivity contribution in [1.82, 2.24) is 0 Å². The fourth-order valence-corrected chi connectivity index (χ4v) is 4.07. The number of aryl methyl sites for hydroxylation is 2. The summed E-state index contributed by atoms with van der Waals surface area (Å²) in [7, 11) is 2.35. The van der Waals surface area contributed by atoms with Gasteiger partial charge in [-0.1, -0.05) is 58.3 Å². The van der Waals surface area contributed by atoms with Crippen molar-refractivity contribution in [1.29, 1.82) is 0 Å². The van der Waals surface area contributed by atoms with Crippen LogP contribution in [0.1, 0.15) is 36.1 Å². The average Bonchev–Trinajstić information content (AvgIpc) is 2.45. The van der Waals surface area contributed by atoms with Gasteiger partial charge in [0.1, 0.15) is 5.75 Å². The molecule has 0 aliphatic rings. The van der Waals surface area contributed by atoms with Crippen LogP contribution in [0.3, 0.4) is 0 Å². The van der Waals surface area contributed by atoms with Crippen LogP contribution in [0.4, 0.5) is 0 Å². The monoisotopic (exact) mass is 313 g/mol. The summed E-state index contributed by atoms with van der Waals surface area (Å²) in [6, 6.07) is 12.5. The molecule has 2 rings (SSSR count). The summed E-state index contributed by atoms with van der Waals surface area (Å²) in [5.41, 5.74) is 4.33. The fraction of sp³-hybridized carbons (Fsp3) is 0.316. The van der Waals surface area contributed by atoms with Crippen molar-refractivity contribution in [2.45, 2.75) is 32.9 Å². The zero-order chi connectivity index (χ0) is 16.3. The van der Waals surface area contributed by atoms with E-state index in [2.05, 4.69) is 44.0 Å². The standard InChI is InChI=1S/C19H24NOP/c1-13-9-10-17(15(11-13)12-20-5)22-19(3,4)16-8-6-7-14(2)18(16)21/h6-12,21-22H,1-5H3. The van der Waals surface area contributed by atoms with Gasteiger partial charge in [-0.25, -0.2) is 0 Å². The van der Waals surface area contributed by atoms with Gasteiger partial charge < -0.3 is 5.11 Å². The van der Waals surface area contributed by atoms with Gasteiger partial charge in [-0.05, 0) is 36.3 Å². The summed E-state index contributed by atoms with van der Waals surface area (Å²) in [6.07, 6.45) is 1.92. The summed E-state index contributed by atoms with van der Waals surface area (Å²) in [4.78, 5) is 4.17. The molecule has 0 aliphatic heterocycles. The molecule has 0 bridgehead atoms. The molecule has 0 saturated carbocycles. The number of nitrogens with zero attached hydrogens (tertiary/aromatic N) is 1. The first-order chi connectivity index (χ1) is 10.3. The molecule has 2 nitrogen and oxygen atoms in total. The van der Waals surface area contributed by atoms with Crippen molar-refractivity contribution in [2.24, 2.45) is 4.99 Å². The molecule has 0 radical (unpaired) electrons. The molecule has 0 aliphatic carbocycles. The van der Waals surface area contributed by atoms with Crippen molar-refractivity contribution in [3.63, 3.8) is 0 Å². The lowest BCUT2D eigenvalue weighted by molar-refractivity contribution is 0.457. The van der Waals surface area contributed by atoms with Crippen LogP contribution >= 0.6 is 8.58 Å². The Hall–Kier alpha value is -1.66. The minimum absolute atomic E-state index is 0.123. The number of hydrogen-bond acceptors (Lipinski definition) is 2. The second kappa shape index (κ2) is 6.62. The predicted molar refractivity (Wildman–Crippen MR) is 98.5 cm³/mol. The van der Waals surface area contributed by atoms with Crippen LogP contribution in [0, 0.1) is 13.8 Å². The SMILES string of the molecule is CN=Cc1cc(C)ccc1PC(C)(C)c1cccc(C)c1O. The van der Waals surface area contributed by atoms with Crippen molar-refractivity contribution >= 4 is 20.1 Å². The van der Waals surface area contributed by atoms with E-state index in [9.17, 15) is 5.11 Å². The van der Waals surface area contributed by atoms with Crippen molar-refractivity contribution in [3.8, 4) is 5.75 Å². The summed E-state index contributed by atoms with van der Waals surface area (Å²) in [5, 5.41) is 11.6. The Kier molecular flexibility index (Phi) is 5.03. The molecule has 0 heterocycles. The van der Waals surface area contributed by atoms with Crippen LogP contribution in [-0.4, -0.2) is 18.4 Å². The first kappa shape index (κ1) is 16.7. The van der Waals surface area contributed by atoms with E-state index in [-0.39, 0.29) is 5.16 Å². The van der Waals surface area contributed by atoms with E-state index in [0.717, 1.165) is 11.1 Å². The number of aliphatic imine (C=N–C) groups is 1. The number of aromatic hydroxyl groups is 1. The van der Waals surface area contributed by atoms with Gasteiger partial charge in [0, 0.05) is 24.0 Å². The van der Waals surface area contributed by atoms with Crippen LogP contribution < -0.4 is 5.30 Å². The van der Waals surface area contributed by atoms with Crippen LogP contribution in [0.25, 0.3) is 0 Å². The largest absolute Gasteiger partial charge is 0.507 e. The molecule has 22 heavy (non-hydrogen) atoms. The smallest absolute Gasteiger partial charge is 0.122 e. The molecule has 2 aromatic rings. The molecule has 1 atom stereocenters. The molecule has 1 N–H and O–H groups in total. The minimum Gasteiger partial charge on any atom is -0.507 e. The van der Waals surface area contributed by atoms with Gasteiger partial charge in [-0.3, -0.25) is 4.99 Å². The molecule has 0 spiro atoms. The van der Waals surface area contributed by atoms with Crippen molar-refractivity contribution < 1.29 is 5.11 Å². The van der Waals surface area contributed by atoms with Crippen molar-refractivity contribution in [2.75, 3.05) is 7.05 Å². The fourth-order valence-electron chi connectivity index (χ4n) is 2.61. The summed E-state index contributed by atoms with van der Waals surface area (Å²) >= 11 is 0. The highest BCUT2D eigenvalue weighted by molar-refractivity contribution is 7.48. The number of phenolic OH excluding ortho intramolecular Hbond substituents is 1. The van der Waals surface area contributed by atoms with Gasteiger partial charge >= 0.3 is 0 Å². The minimum atomic E-state index is -0.123. The first-order valence-corrected chi connectivity index (χ1v) is 8.45. The van der Waals surface area contributed by atoms with Crippen LogP contribution in [0.5, 0.6) is 5.75 Å². The van der Waals surface area contributed by atoms with Gasteiger partial charge in [0.2, 0.25) is 0 Å². The van der Waals surface area contributed by atoms with E-state index < -0.39 is 0 Å². The third-order valence-electron chi connectivity index (χ3n) is 3.83. The van der Waals surface area contributed by atoms with E-state index in [4.69, 9.17) is 0 Å². The molecule has 3 heteroatoms. The van der Waals surface area contributed by atoms with E-state index in [0.29, 0.717) is 14.3 Å². The highest BCUT2D eigenvalue weighted by Gasteiger charge is 2.25. The lowest BCUT2D eigenvalue weighted by atomic mass is 9.99. The molecular weight excluding hydrogens is 289 g/mol. The zero-order valence-electron chi connectivity index (χ0n) is 13.9. The highest BCUT2D eigenvalue weighted by Crippen LogP contribution is 2.45. The second-order valence-corrected chi connectivity index (χ2v) is 8.24. The predicted octanol–water partition coefficient (Wildman–Crippen LogP) is 4.30. The Bertz CT molecular complexity index is 705. The van der Waals surface area contributed by atoms with Gasteiger partial charge in [0.15, 0.2) is 0 Å². The Morgan fingerprint density at radius 2 is 1.86 bits per heavy atom. The number of rotatable bonds is 4. The zero-order valence-corrected chi connectivity index (χ0v) is 14.9. The molecule has 1 unspecified atom stereocenters. The topological polar surface area (TPSA) is 32.6 Å². The number of para-hydroxylation sites is 1. The van der Waals surface area contributed by atoms with E-state index >= 15 is 0 Å². The number of phenols is 1. The van der Waals surface area contributed by atoms with E-state index in [1.54, 1.807) is 7.05 Å². The summed E-state index contributed by atoms with van der Waals surface area (Å²) < 4.78 is 0. The average molecular weight is 313 g/mol. The Balaban J connectivity index is 2.42. The van der Waals surface area contributed by atoms with Gasteiger partial charge in [-0.2, -0.15) is 0 Å². The molecule has 0 amide bonds. The summed E-state index contributed by atoms with van der Waals surface area (Å²) in [6.45, 7) is 8.41. The Labute approximate surface area is 135 Å². The van der Waals surface area contributed by atoms with E-state index in [1.807, 2.05) is 31.3 Å². The van der Waals surface area contributed by atoms with Crippen LogP contribution in [0.2, 0.25) is 0 Å². The highest BCUT2D eigenvalue weighted by atomic mass is 31.1. The van der Waals surface area contributed by atoms with E-state index in [1.165, 1.54) is 16.4 Å². The van der Waals surface area contributed by atoms with Crippen molar-refractivity contribution in [3.05, 3.63) is 58.7 Å². The molecule has 2 aromatic carbocycles. The number of benzene rings is 2. The Morgan fingerprint density at radius 3 is 2.55 bits per heavy atom. The maximum atomic E-state index is 10.4. The number of hydrogen-bond donors (Lipinski definition) is 1. The van der Waals surface area contributed by atoms with Gasteiger partial charge in [-0.15, -0.1) is 0 Å². The third kappa shape index (κ3) is 3.56. The molecular formula is C19H24NOP. The Morgan fingerprint density at radius 1 is 1.14 bits per heavy atom. The maximum absolute atomic E-state index is 10.4. The summed E-state index contributed by atoms with van der Waals surface area (Å²) in [5.74, 6) is 0.415. The van der Waals surface area contributed by atoms with Gasteiger partial charge in [0.05, 0.1) is 0 Å². The van der Waals surface area contributed by atoms with Gasteiger partial charge in [0.25, 0.3) is 0 Å². The molecule has 0 fully saturated rings. The lowest BCUT2D eigenvalue weighted by Crippen LogP contribution is -2.17. The molecule has 116 valence electrons. The first-order valence-electron chi connectivity index (χ1n) is 7.45. The molecule has 0 saturated heterocycles. The van der Waals surface area contributed by atoms with Crippen LogP contribution in [0.15, 0.2) is 41.4 Å². The molecule has 0 aromatic heterocycles. The lowest BCUT2D eigenvalue weighted by Gasteiger charge is -2.28. The normalized spacial score (nSPS) is 12.6. The van der Waals surface area contributed by atoms with Crippen LogP contribution in [-0.2, 0) is 5.16 Å². The quantitative estimate of drug-likeness (QED) is 0.662. The maximum Gasteiger partial charge on any atom is 0.122 e.